The van der Waals surface area contributed by atoms with E-state index in [-0.39, 0.29) is 5.82 Å². The van der Waals surface area contributed by atoms with E-state index in [1.165, 1.54) is 6.07 Å². The average molecular weight is 268 g/mol. The summed E-state index contributed by atoms with van der Waals surface area (Å²) in [7, 11) is 4.07. The minimum absolute atomic E-state index is 0.259. The van der Waals surface area contributed by atoms with Crippen molar-refractivity contribution in [1.29, 1.82) is 0 Å². The topological polar surface area (TPSA) is 26.7 Å². The fraction of sp³-hybridized carbons (Fsp3) is 0.600. The zero-order valence-corrected chi connectivity index (χ0v) is 12.4. The summed E-state index contributed by atoms with van der Waals surface area (Å²) < 4.78 is 14.1. The van der Waals surface area contributed by atoms with Gasteiger partial charge < -0.3 is 14.9 Å². The van der Waals surface area contributed by atoms with E-state index in [1.807, 2.05) is 25.9 Å². The van der Waals surface area contributed by atoms with E-state index in [0.717, 1.165) is 26.1 Å². The minimum atomic E-state index is -0.632. The van der Waals surface area contributed by atoms with Crippen LogP contribution in [-0.2, 0) is 0 Å². The Morgan fingerprint density at radius 2 is 1.95 bits per heavy atom. The second-order valence-corrected chi connectivity index (χ2v) is 5.12. The molecule has 1 rings (SSSR count). The summed E-state index contributed by atoms with van der Waals surface area (Å²) in [6.45, 7) is 6.27. The van der Waals surface area contributed by atoms with Crippen molar-refractivity contribution in [3.63, 3.8) is 0 Å². The van der Waals surface area contributed by atoms with Gasteiger partial charge in [-0.2, -0.15) is 0 Å². The lowest BCUT2D eigenvalue weighted by Gasteiger charge is -2.25. The van der Waals surface area contributed by atoms with Crippen LogP contribution in [0.25, 0.3) is 0 Å². The highest BCUT2D eigenvalue weighted by atomic mass is 19.1. The third kappa shape index (κ3) is 4.80. The molecule has 0 aliphatic carbocycles. The molecule has 1 aromatic carbocycles. The van der Waals surface area contributed by atoms with Crippen LogP contribution in [0.4, 0.5) is 10.1 Å². The molecule has 0 saturated heterocycles. The maximum absolute atomic E-state index is 14.1. The number of hydrogen-bond acceptors (Lipinski definition) is 3. The van der Waals surface area contributed by atoms with E-state index in [4.69, 9.17) is 0 Å². The van der Waals surface area contributed by atoms with Crippen molar-refractivity contribution in [1.82, 2.24) is 4.90 Å². The maximum Gasteiger partial charge on any atom is 0.146 e. The number of rotatable bonds is 7. The Morgan fingerprint density at radius 1 is 1.26 bits per heavy atom. The summed E-state index contributed by atoms with van der Waals surface area (Å²) in [4.78, 5) is 4.16. The van der Waals surface area contributed by atoms with Gasteiger partial charge in [-0.3, -0.25) is 0 Å². The lowest BCUT2D eigenvalue weighted by atomic mass is 10.1. The van der Waals surface area contributed by atoms with Crippen LogP contribution in [0.3, 0.4) is 0 Å². The Hall–Kier alpha value is -1.13. The molecule has 0 spiro atoms. The number of anilines is 1. The molecule has 1 aromatic rings. The number of aliphatic hydroxyl groups excluding tert-OH is 1. The monoisotopic (exact) mass is 268 g/mol. The Labute approximate surface area is 115 Å². The van der Waals surface area contributed by atoms with Gasteiger partial charge in [-0.15, -0.1) is 0 Å². The van der Waals surface area contributed by atoms with E-state index in [1.54, 1.807) is 19.1 Å². The van der Waals surface area contributed by atoms with E-state index >= 15 is 0 Å². The molecule has 0 heterocycles. The highest BCUT2D eigenvalue weighted by Gasteiger charge is 2.12. The van der Waals surface area contributed by atoms with Gasteiger partial charge in [0.25, 0.3) is 0 Å². The van der Waals surface area contributed by atoms with Gasteiger partial charge in [-0.05, 0) is 58.6 Å². The van der Waals surface area contributed by atoms with Gasteiger partial charge >= 0.3 is 0 Å². The first-order valence-corrected chi connectivity index (χ1v) is 6.83. The number of benzene rings is 1. The van der Waals surface area contributed by atoms with Crippen molar-refractivity contribution in [2.24, 2.45) is 0 Å². The zero-order valence-electron chi connectivity index (χ0n) is 12.4. The average Bonchev–Trinajstić information content (AvgIpc) is 2.34. The standard InChI is InChI=1S/C15H25FN2O/c1-5-18(10-6-9-17(3)4)15-8-7-13(12(2)19)11-14(15)16/h7-8,11-12,19H,5-6,9-10H2,1-4H3. The molecule has 1 unspecified atom stereocenters. The van der Waals surface area contributed by atoms with Crippen molar-refractivity contribution in [2.75, 3.05) is 38.6 Å². The smallest absolute Gasteiger partial charge is 0.146 e. The molecule has 0 amide bonds. The van der Waals surface area contributed by atoms with Crippen LogP contribution < -0.4 is 4.90 Å². The van der Waals surface area contributed by atoms with Gasteiger partial charge in [-0.1, -0.05) is 6.07 Å². The van der Waals surface area contributed by atoms with E-state index in [2.05, 4.69) is 4.90 Å². The number of halogens is 1. The molecule has 0 radical (unpaired) electrons. The third-order valence-corrected chi connectivity index (χ3v) is 3.21. The lowest BCUT2D eigenvalue weighted by Crippen LogP contribution is -2.27. The molecule has 0 bridgehead atoms. The van der Waals surface area contributed by atoms with Crippen molar-refractivity contribution in [3.05, 3.63) is 29.6 Å². The zero-order chi connectivity index (χ0) is 14.4. The summed E-state index contributed by atoms with van der Waals surface area (Å²) >= 11 is 0. The normalized spacial score (nSPS) is 12.8. The first-order valence-electron chi connectivity index (χ1n) is 6.83. The van der Waals surface area contributed by atoms with Crippen LogP contribution in [0.2, 0.25) is 0 Å². The van der Waals surface area contributed by atoms with Crippen LogP contribution in [0.1, 0.15) is 31.9 Å². The highest BCUT2D eigenvalue weighted by molar-refractivity contribution is 5.49. The number of aliphatic hydroxyl groups is 1. The molecule has 4 heteroatoms. The van der Waals surface area contributed by atoms with Crippen molar-refractivity contribution in [3.8, 4) is 0 Å². The highest BCUT2D eigenvalue weighted by Crippen LogP contribution is 2.23. The number of hydrogen-bond donors (Lipinski definition) is 1. The SMILES string of the molecule is CCN(CCCN(C)C)c1ccc(C(C)O)cc1F. The van der Waals surface area contributed by atoms with Crippen LogP contribution in [0, 0.1) is 5.82 Å². The van der Waals surface area contributed by atoms with Crippen molar-refractivity contribution >= 4 is 5.69 Å². The van der Waals surface area contributed by atoms with Crippen molar-refractivity contribution in [2.45, 2.75) is 26.4 Å². The summed E-state index contributed by atoms with van der Waals surface area (Å²) in [6.07, 6.45) is 0.366. The largest absolute Gasteiger partial charge is 0.389 e. The summed E-state index contributed by atoms with van der Waals surface area (Å²) in [5.41, 5.74) is 1.23. The van der Waals surface area contributed by atoms with E-state index in [0.29, 0.717) is 11.3 Å². The minimum Gasteiger partial charge on any atom is -0.389 e. The predicted molar refractivity (Wildman–Crippen MR) is 78.1 cm³/mol. The molecular formula is C15H25FN2O. The molecule has 108 valence electrons. The first-order chi connectivity index (χ1) is 8.95. The van der Waals surface area contributed by atoms with Crippen LogP contribution in [0.15, 0.2) is 18.2 Å². The molecule has 1 N–H and O–H groups in total. The van der Waals surface area contributed by atoms with Gasteiger partial charge in [0, 0.05) is 13.1 Å². The molecule has 3 nitrogen and oxygen atoms in total. The Morgan fingerprint density at radius 3 is 2.42 bits per heavy atom. The first kappa shape index (κ1) is 15.9. The van der Waals surface area contributed by atoms with Gasteiger partial charge in [0.2, 0.25) is 0 Å². The molecule has 0 saturated carbocycles. The fourth-order valence-electron chi connectivity index (χ4n) is 2.07. The quantitative estimate of drug-likeness (QED) is 0.823. The second-order valence-electron chi connectivity index (χ2n) is 5.12. The molecule has 0 aliphatic rings. The summed E-state index contributed by atoms with van der Waals surface area (Å²) in [5.74, 6) is -0.259. The van der Waals surface area contributed by atoms with Gasteiger partial charge in [0.1, 0.15) is 5.82 Å². The fourth-order valence-corrected chi connectivity index (χ4v) is 2.07. The molecule has 0 aliphatic heterocycles. The van der Waals surface area contributed by atoms with Crippen LogP contribution in [0.5, 0.6) is 0 Å². The summed E-state index contributed by atoms with van der Waals surface area (Å²) in [6, 6.07) is 4.98. The van der Waals surface area contributed by atoms with Gasteiger partial charge in [-0.25, -0.2) is 4.39 Å². The van der Waals surface area contributed by atoms with Crippen LogP contribution in [-0.4, -0.2) is 43.7 Å². The van der Waals surface area contributed by atoms with Crippen LogP contribution >= 0.6 is 0 Å². The molecule has 19 heavy (non-hydrogen) atoms. The molecule has 1 atom stereocenters. The molecule has 0 aromatic heterocycles. The van der Waals surface area contributed by atoms with Crippen molar-refractivity contribution < 1.29 is 9.50 Å². The molecule has 0 fully saturated rings. The van der Waals surface area contributed by atoms with Gasteiger partial charge in [0.05, 0.1) is 11.8 Å². The van der Waals surface area contributed by atoms with E-state index < -0.39 is 6.10 Å². The van der Waals surface area contributed by atoms with E-state index in [9.17, 15) is 9.50 Å². The number of nitrogens with zero attached hydrogens (tertiary/aromatic N) is 2. The summed E-state index contributed by atoms with van der Waals surface area (Å²) in [5, 5.41) is 9.45. The Kier molecular flexibility index (Phi) is 6.25. The van der Waals surface area contributed by atoms with Gasteiger partial charge in [0.15, 0.2) is 0 Å². The second kappa shape index (κ2) is 7.46. The Balaban J connectivity index is 2.75. The lowest BCUT2D eigenvalue weighted by molar-refractivity contribution is 0.199. The maximum atomic E-state index is 14.1. The molecular weight excluding hydrogens is 243 g/mol. The Bertz CT molecular complexity index is 394. The predicted octanol–water partition coefficient (Wildman–Crippen LogP) is 2.66. The third-order valence-electron chi connectivity index (χ3n) is 3.21.